The second-order valence-corrected chi connectivity index (χ2v) is 4.64. The van der Waals surface area contributed by atoms with Gasteiger partial charge in [-0.05, 0) is 19.9 Å². The normalized spacial score (nSPS) is 17.8. The minimum absolute atomic E-state index is 0.0406. The molecule has 6 heteroatoms. The highest BCUT2D eigenvalue weighted by Crippen LogP contribution is 2.31. The Labute approximate surface area is 117 Å². The van der Waals surface area contributed by atoms with Crippen LogP contribution in [0.4, 0.5) is 4.79 Å². The summed E-state index contributed by atoms with van der Waals surface area (Å²) >= 11 is 0. The van der Waals surface area contributed by atoms with Gasteiger partial charge in [-0.3, -0.25) is 15.4 Å². The Hall–Kier alpha value is -2.08. The predicted octanol–water partition coefficient (Wildman–Crippen LogP) is 0.944. The highest BCUT2D eigenvalue weighted by molar-refractivity contribution is 5.96. The lowest BCUT2D eigenvalue weighted by molar-refractivity contribution is -0.121. The van der Waals surface area contributed by atoms with E-state index >= 15 is 0 Å². The summed E-state index contributed by atoms with van der Waals surface area (Å²) in [7, 11) is 0. The fourth-order valence-corrected chi connectivity index (χ4v) is 2.10. The first kappa shape index (κ1) is 14.3. The number of ether oxygens (including phenoxy) is 1. The molecule has 1 aliphatic rings. The van der Waals surface area contributed by atoms with E-state index in [0.29, 0.717) is 13.2 Å². The molecule has 1 aromatic rings. The van der Waals surface area contributed by atoms with E-state index < -0.39 is 12.1 Å². The highest BCUT2D eigenvalue weighted by atomic mass is 16.5. The summed E-state index contributed by atoms with van der Waals surface area (Å²) in [6.07, 6.45) is 0. The molecule has 0 aromatic heterocycles. The van der Waals surface area contributed by atoms with Crippen LogP contribution in [0, 0.1) is 0 Å². The molecular formula is C14H19N3O3. The molecule has 1 aliphatic heterocycles. The minimum Gasteiger partial charge on any atom is -0.491 e. The van der Waals surface area contributed by atoms with E-state index in [1.807, 2.05) is 24.3 Å². The number of benzene rings is 1. The Balaban J connectivity index is 1.91. The number of para-hydroxylation sites is 1. The number of fused-ring (bicyclic) bond motifs is 1. The van der Waals surface area contributed by atoms with E-state index in [9.17, 15) is 9.59 Å². The van der Waals surface area contributed by atoms with Crippen LogP contribution in [0.2, 0.25) is 0 Å². The number of urea groups is 1. The summed E-state index contributed by atoms with van der Waals surface area (Å²) in [4.78, 5) is 23.2. The maximum absolute atomic E-state index is 11.9. The quantitative estimate of drug-likeness (QED) is 0.765. The molecule has 2 unspecified atom stereocenters. The third kappa shape index (κ3) is 3.27. The predicted molar refractivity (Wildman–Crippen MR) is 74.5 cm³/mol. The summed E-state index contributed by atoms with van der Waals surface area (Å²) in [5, 5.41) is 7.97. The molecule has 1 aromatic carbocycles. The number of amides is 3. The minimum atomic E-state index is -0.489. The molecule has 2 atom stereocenters. The van der Waals surface area contributed by atoms with Gasteiger partial charge < -0.3 is 10.1 Å². The van der Waals surface area contributed by atoms with E-state index in [4.69, 9.17) is 4.74 Å². The summed E-state index contributed by atoms with van der Waals surface area (Å²) in [6, 6.07) is 6.70. The van der Waals surface area contributed by atoms with Crippen molar-refractivity contribution < 1.29 is 14.3 Å². The summed E-state index contributed by atoms with van der Waals surface area (Å²) in [5.41, 5.74) is 1.03. The fourth-order valence-electron chi connectivity index (χ4n) is 2.10. The van der Waals surface area contributed by atoms with Crippen molar-refractivity contribution >= 4 is 11.9 Å². The van der Waals surface area contributed by atoms with E-state index in [1.54, 1.807) is 13.8 Å². The van der Waals surface area contributed by atoms with Gasteiger partial charge >= 0.3 is 6.03 Å². The van der Waals surface area contributed by atoms with Crippen LogP contribution in [-0.4, -0.2) is 31.1 Å². The number of carbonyl (C=O) groups is 2. The Morgan fingerprint density at radius 2 is 2.15 bits per heavy atom. The van der Waals surface area contributed by atoms with E-state index in [0.717, 1.165) is 11.3 Å². The molecule has 20 heavy (non-hydrogen) atoms. The van der Waals surface area contributed by atoms with Crippen LogP contribution >= 0.6 is 0 Å². The van der Waals surface area contributed by atoms with Gasteiger partial charge in [0.15, 0.2) is 0 Å². The second-order valence-electron chi connectivity index (χ2n) is 4.64. The van der Waals surface area contributed by atoms with E-state index in [-0.39, 0.29) is 11.9 Å². The fraction of sp³-hybridized carbons (Fsp3) is 0.429. The Morgan fingerprint density at radius 3 is 2.90 bits per heavy atom. The summed E-state index contributed by atoms with van der Waals surface area (Å²) < 4.78 is 5.54. The molecule has 0 saturated carbocycles. The van der Waals surface area contributed by atoms with Crippen molar-refractivity contribution in [1.82, 2.24) is 16.0 Å². The molecule has 2 rings (SSSR count). The number of nitrogens with one attached hydrogen (secondary N) is 3. The SMILES string of the molecule is CCNC(=O)NC(=O)C(C)NC1COc2ccccc21. The molecule has 0 bridgehead atoms. The number of hydrogen-bond donors (Lipinski definition) is 3. The van der Waals surface area contributed by atoms with Gasteiger partial charge in [0.25, 0.3) is 0 Å². The maximum Gasteiger partial charge on any atom is 0.321 e. The van der Waals surface area contributed by atoms with Crippen molar-refractivity contribution in [2.24, 2.45) is 0 Å². The second kappa shape index (κ2) is 6.38. The topological polar surface area (TPSA) is 79.5 Å². The molecule has 0 spiro atoms. The van der Waals surface area contributed by atoms with Gasteiger partial charge in [-0.1, -0.05) is 18.2 Å². The van der Waals surface area contributed by atoms with Crippen LogP contribution in [-0.2, 0) is 4.79 Å². The van der Waals surface area contributed by atoms with Gasteiger partial charge in [-0.25, -0.2) is 4.79 Å². The molecule has 0 fully saturated rings. The van der Waals surface area contributed by atoms with Crippen LogP contribution in [0.5, 0.6) is 5.75 Å². The first-order chi connectivity index (χ1) is 9.61. The number of imide groups is 1. The molecule has 0 saturated heterocycles. The van der Waals surface area contributed by atoms with Gasteiger partial charge in [-0.15, -0.1) is 0 Å². The maximum atomic E-state index is 11.9. The average Bonchev–Trinajstić information content (AvgIpc) is 2.82. The van der Waals surface area contributed by atoms with Crippen LogP contribution in [0.1, 0.15) is 25.5 Å². The molecule has 1 heterocycles. The Bertz CT molecular complexity index is 504. The molecular weight excluding hydrogens is 258 g/mol. The third-order valence-corrected chi connectivity index (χ3v) is 3.12. The van der Waals surface area contributed by atoms with Crippen LogP contribution < -0.4 is 20.7 Å². The highest BCUT2D eigenvalue weighted by Gasteiger charge is 2.27. The van der Waals surface area contributed by atoms with Crippen molar-refractivity contribution in [2.75, 3.05) is 13.2 Å². The largest absolute Gasteiger partial charge is 0.491 e. The monoisotopic (exact) mass is 277 g/mol. The summed E-state index contributed by atoms with van der Waals surface area (Å²) in [6.45, 7) is 4.47. The molecule has 0 aliphatic carbocycles. The van der Waals surface area contributed by atoms with E-state index in [2.05, 4.69) is 16.0 Å². The third-order valence-electron chi connectivity index (χ3n) is 3.12. The Kier molecular flexibility index (Phi) is 4.57. The zero-order chi connectivity index (χ0) is 14.5. The van der Waals surface area contributed by atoms with E-state index in [1.165, 1.54) is 0 Å². The number of carbonyl (C=O) groups excluding carboxylic acids is 2. The zero-order valence-electron chi connectivity index (χ0n) is 11.6. The molecule has 6 nitrogen and oxygen atoms in total. The lowest BCUT2D eigenvalue weighted by atomic mass is 10.1. The lowest BCUT2D eigenvalue weighted by Crippen LogP contribution is -2.49. The van der Waals surface area contributed by atoms with Gasteiger partial charge in [0.05, 0.1) is 12.1 Å². The van der Waals surface area contributed by atoms with Crippen LogP contribution in [0.3, 0.4) is 0 Å². The smallest absolute Gasteiger partial charge is 0.321 e. The van der Waals surface area contributed by atoms with Crippen molar-refractivity contribution in [2.45, 2.75) is 25.9 Å². The first-order valence-corrected chi connectivity index (χ1v) is 6.68. The van der Waals surface area contributed by atoms with Gasteiger partial charge in [0.2, 0.25) is 5.91 Å². The van der Waals surface area contributed by atoms with Gasteiger partial charge in [0, 0.05) is 12.1 Å². The Morgan fingerprint density at radius 1 is 1.40 bits per heavy atom. The number of hydrogen-bond acceptors (Lipinski definition) is 4. The molecule has 3 amide bonds. The summed E-state index contributed by atoms with van der Waals surface area (Å²) in [5.74, 6) is 0.474. The molecule has 0 radical (unpaired) electrons. The first-order valence-electron chi connectivity index (χ1n) is 6.68. The standard InChI is InChI=1S/C14H19N3O3/c1-3-15-14(19)17-13(18)9(2)16-11-8-20-12-7-5-4-6-10(11)12/h4-7,9,11,16H,3,8H2,1-2H3,(H2,15,17,18,19). The molecule has 3 N–H and O–H groups in total. The van der Waals surface area contributed by atoms with Crippen molar-refractivity contribution in [1.29, 1.82) is 0 Å². The van der Waals surface area contributed by atoms with Crippen LogP contribution in [0.15, 0.2) is 24.3 Å². The molecule has 108 valence electrons. The lowest BCUT2D eigenvalue weighted by Gasteiger charge is -2.18. The van der Waals surface area contributed by atoms with Crippen LogP contribution in [0.25, 0.3) is 0 Å². The van der Waals surface area contributed by atoms with Crippen molar-refractivity contribution in [3.8, 4) is 5.75 Å². The van der Waals surface area contributed by atoms with Gasteiger partial charge in [0.1, 0.15) is 12.4 Å². The number of rotatable bonds is 4. The van der Waals surface area contributed by atoms with Crippen molar-refractivity contribution in [3.63, 3.8) is 0 Å². The van der Waals surface area contributed by atoms with Crippen molar-refractivity contribution in [3.05, 3.63) is 29.8 Å². The zero-order valence-corrected chi connectivity index (χ0v) is 11.6. The average molecular weight is 277 g/mol. The van der Waals surface area contributed by atoms with Gasteiger partial charge in [-0.2, -0.15) is 0 Å².